The zero-order chi connectivity index (χ0) is 9.68. The molecule has 0 aromatic heterocycles. The van der Waals surface area contributed by atoms with Crippen molar-refractivity contribution in [2.24, 2.45) is 10.2 Å². The first kappa shape index (κ1) is 9.38. The highest BCUT2D eigenvalue weighted by Crippen LogP contribution is 2.16. The molecule has 0 bridgehead atoms. The van der Waals surface area contributed by atoms with E-state index in [4.69, 9.17) is 5.11 Å². The molecule has 0 aliphatic heterocycles. The fourth-order valence-corrected chi connectivity index (χ4v) is 1.01. The zero-order valence-corrected chi connectivity index (χ0v) is 7.21. The van der Waals surface area contributed by atoms with Crippen LogP contribution in [0.4, 0.5) is 0 Å². The molecule has 0 aliphatic rings. The Balaban J connectivity index is 2.96. The second-order valence-corrected chi connectivity index (χ2v) is 2.47. The molecule has 4 heteroatoms. The summed E-state index contributed by atoms with van der Waals surface area (Å²) in [5.41, 5.74) is 0.639. The summed E-state index contributed by atoms with van der Waals surface area (Å²) >= 11 is 0. The Morgan fingerprint density at radius 3 is 2.46 bits per heavy atom. The zero-order valence-electron chi connectivity index (χ0n) is 7.21. The van der Waals surface area contributed by atoms with Crippen LogP contribution in [0, 0.1) is 0 Å². The molecule has 0 saturated carbocycles. The van der Waals surface area contributed by atoms with E-state index < -0.39 is 12.0 Å². The average molecular weight is 178 g/mol. The maximum atomic E-state index is 10.7. The summed E-state index contributed by atoms with van der Waals surface area (Å²) < 4.78 is 0. The van der Waals surface area contributed by atoms with Crippen LogP contribution >= 0.6 is 0 Å². The molecule has 0 saturated heterocycles. The molecule has 13 heavy (non-hydrogen) atoms. The molecule has 0 radical (unpaired) electrons. The van der Waals surface area contributed by atoms with Crippen molar-refractivity contribution in [3.63, 3.8) is 0 Å². The summed E-state index contributed by atoms with van der Waals surface area (Å²) in [5.74, 6) is -0.989. The van der Waals surface area contributed by atoms with Gasteiger partial charge < -0.3 is 5.11 Å². The minimum absolute atomic E-state index is 0.639. The monoisotopic (exact) mass is 178 g/mol. The van der Waals surface area contributed by atoms with Gasteiger partial charge in [-0.3, -0.25) is 0 Å². The first-order valence-electron chi connectivity index (χ1n) is 3.82. The summed E-state index contributed by atoms with van der Waals surface area (Å²) in [4.78, 5) is 10.7. The molecule has 0 amide bonds. The third kappa shape index (κ3) is 2.37. The number of hydrogen-bond acceptors (Lipinski definition) is 3. The highest BCUT2D eigenvalue weighted by molar-refractivity contribution is 5.75. The van der Waals surface area contributed by atoms with E-state index in [2.05, 4.69) is 10.2 Å². The molecule has 4 nitrogen and oxygen atoms in total. The van der Waals surface area contributed by atoms with E-state index in [1.54, 1.807) is 24.3 Å². The van der Waals surface area contributed by atoms with Crippen LogP contribution in [0.1, 0.15) is 11.6 Å². The Kier molecular flexibility index (Phi) is 3.14. The Hall–Kier alpha value is -1.71. The lowest BCUT2D eigenvalue weighted by atomic mass is 10.1. The highest BCUT2D eigenvalue weighted by Gasteiger charge is 2.17. The summed E-state index contributed by atoms with van der Waals surface area (Å²) in [6, 6.07) is 7.92. The Labute approximate surface area is 75.9 Å². The van der Waals surface area contributed by atoms with Crippen LogP contribution in [0.15, 0.2) is 40.6 Å². The van der Waals surface area contributed by atoms with E-state index in [0.29, 0.717) is 5.56 Å². The van der Waals surface area contributed by atoms with E-state index in [-0.39, 0.29) is 0 Å². The van der Waals surface area contributed by atoms with Gasteiger partial charge in [0.2, 0.25) is 0 Å². The van der Waals surface area contributed by atoms with Crippen molar-refractivity contribution >= 4 is 5.97 Å². The maximum Gasteiger partial charge on any atom is 0.335 e. The molecule has 0 heterocycles. The van der Waals surface area contributed by atoms with E-state index in [1.165, 1.54) is 7.05 Å². The first-order valence-corrected chi connectivity index (χ1v) is 3.82. The van der Waals surface area contributed by atoms with Crippen LogP contribution in [0.3, 0.4) is 0 Å². The van der Waals surface area contributed by atoms with Gasteiger partial charge in [0.1, 0.15) is 0 Å². The third-order valence-electron chi connectivity index (χ3n) is 1.58. The van der Waals surface area contributed by atoms with Crippen molar-refractivity contribution in [2.75, 3.05) is 7.05 Å². The number of carboxylic acid groups (broad SMARTS) is 1. The first-order chi connectivity index (χ1) is 6.25. The molecule has 0 aliphatic carbocycles. The lowest BCUT2D eigenvalue weighted by Crippen LogP contribution is -2.08. The Morgan fingerprint density at radius 1 is 1.38 bits per heavy atom. The van der Waals surface area contributed by atoms with E-state index in [1.807, 2.05) is 6.07 Å². The largest absolute Gasteiger partial charge is 0.479 e. The topological polar surface area (TPSA) is 62.0 Å². The summed E-state index contributed by atoms with van der Waals surface area (Å²) in [6.45, 7) is 0. The second-order valence-electron chi connectivity index (χ2n) is 2.47. The van der Waals surface area contributed by atoms with Crippen LogP contribution in [0.2, 0.25) is 0 Å². The van der Waals surface area contributed by atoms with Gasteiger partial charge in [-0.2, -0.15) is 10.2 Å². The molecule has 0 spiro atoms. The summed E-state index contributed by atoms with van der Waals surface area (Å²) in [7, 11) is 1.46. The van der Waals surface area contributed by atoms with Crippen LogP contribution in [0.5, 0.6) is 0 Å². The average Bonchev–Trinajstić information content (AvgIpc) is 2.15. The Morgan fingerprint density at radius 2 is 2.00 bits per heavy atom. The van der Waals surface area contributed by atoms with E-state index in [0.717, 1.165) is 0 Å². The number of azo groups is 1. The van der Waals surface area contributed by atoms with Crippen LogP contribution in [-0.2, 0) is 4.79 Å². The quantitative estimate of drug-likeness (QED) is 0.718. The molecule has 1 rings (SSSR count). The van der Waals surface area contributed by atoms with Crippen molar-refractivity contribution in [3.8, 4) is 0 Å². The number of benzene rings is 1. The number of hydrogen-bond donors (Lipinski definition) is 1. The molecular weight excluding hydrogens is 168 g/mol. The van der Waals surface area contributed by atoms with Gasteiger partial charge >= 0.3 is 5.97 Å². The predicted octanol–water partition coefficient (Wildman–Crippen LogP) is 1.89. The molecular formula is C9H10N2O2. The molecule has 1 aromatic carbocycles. The van der Waals surface area contributed by atoms with Gasteiger partial charge in [0, 0.05) is 7.05 Å². The predicted molar refractivity (Wildman–Crippen MR) is 47.6 cm³/mol. The van der Waals surface area contributed by atoms with Crippen molar-refractivity contribution in [2.45, 2.75) is 6.04 Å². The molecule has 1 aromatic rings. The highest BCUT2D eigenvalue weighted by atomic mass is 16.4. The van der Waals surface area contributed by atoms with Crippen LogP contribution in [-0.4, -0.2) is 18.1 Å². The maximum absolute atomic E-state index is 10.7. The SMILES string of the molecule is CN=NC(C(=O)O)c1ccccc1. The normalized spacial score (nSPS) is 13.0. The Bertz CT molecular complexity index is 309. The van der Waals surface area contributed by atoms with Gasteiger partial charge in [-0.1, -0.05) is 30.3 Å². The van der Waals surface area contributed by atoms with Gasteiger partial charge in [-0.05, 0) is 5.56 Å². The number of carboxylic acids is 1. The van der Waals surface area contributed by atoms with Crippen molar-refractivity contribution in [1.29, 1.82) is 0 Å². The number of aliphatic carboxylic acids is 1. The minimum Gasteiger partial charge on any atom is -0.479 e. The molecule has 1 N–H and O–H groups in total. The van der Waals surface area contributed by atoms with Gasteiger partial charge in [0.15, 0.2) is 6.04 Å². The fraction of sp³-hybridized carbons (Fsp3) is 0.222. The molecule has 1 atom stereocenters. The lowest BCUT2D eigenvalue weighted by Gasteiger charge is -2.04. The van der Waals surface area contributed by atoms with Crippen LogP contribution < -0.4 is 0 Å². The fourth-order valence-electron chi connectivity index (χ4n) is 1.01. The standard InChI is InChI=1S/C9H10N2O2/c1-10-11-8(9(12)13)7-5-3-2-4-6-7/h2-6,8H,1H3,(H,12,13). The minimum atomic E-state index is -0.989. The summed E-state index contributed by atoms with van der Waals surface area (Å²) in [5, 5.41) is 15.9. The number of carbonyl (C=O) groups is 1. The third-order valence-corrected chi connectivity index (χ3v) is 1.58. The van der Waals surface area contributed by atoms with Gasteiger partial charge in [-0.25, -0.2) is 4.79 Å². The van der Waals surface area contributed by atoms with Crippen molar-refractivity contribution in [1.82, 2.24) is 0 Å². The molecule has 1 unspecified atom stereocenters. The lowest BCUT2D eigenvalue weighted by molar-refractivity contribution is -0.138. The van der Waals surface area contributed by atoms with Gasteiger partial charge in [0.25, 0.3) is 0 Å². The molecule has 68 valence electrons. The van der Waals surface area contributed by atoms with E-state index in [9.17, 15) is 4.79 Å². The van der Waals surface area contributed by atoms with Gasteiger partial charge in [-0.15, -0.1) is 0 Å². The van der Waals surface area contributed by atoms with E-state index >= 15 is 0 Å². The number of rotatable bonds is 3. The van der Waals surface area contributed by atoms with Crippen molar-refractivity contribution < 1.29 is 9.90 Å². The molecule has 0 fully saturated rings. The van der Waals surface area contributed by atoms with Gasteiger partial charge in [0.05, 0.1) is 0 Å². The van der Waals surface area contributed by atoms with Crippen molar-refractivity contribution in [3.05, 3.63) is 35.9 Å². The second kappa shape index (κ2) is 4.35. The van der Waals surface area contributed by atoms with Crippen LogP contribution in [0.25, 0.3) is 0 Å². The number of nitrogens with zero attached hydrogens (tertiary/aromatic N) is 2. The smallest absolute Gasteiger partial charge is 0.335 e. The summed E-state index contributed by atoms with van der Waals surface area (Å²) in [6.07, 6.45) is 0.